The van der Waals surface area contributed by atoms with Crippen molar-refractivity contribution < 1.29 is 5.11 Å². The Morgan fingerprint density at radius 2 is 2.06 bits per heavy atom. The zero-order valence-electron chi connectivity index (χ0n) is 10.2. The molecule has 88 valence electrons. The van der Waals surface area contributed by atoms with Gasteiger partial charge in [0.15, 0.2) is 0 Å². The average Bonchev–Trinajstić information content (AvgIpc) is 2.35. The molecule has 0 aliphatic heterocycles. The first kappa shape index (κ1) is 11.8. The summed E-state index contributed by atoms with van der Waals surface area (Å²) in [6.45, 7) is 4.27. The molecule has 0 amide bonds. The molecule has 2 heteroatoms. The maximum absolute atomic E-state index is 9.34. The molecule has 0 fully saturated rings. The lowest BCUT2D eigenvalue weighted by Gasteiger charge is -2.09. The zero-order chi connectivity index (χ0) is 12.3. The van der Waals surface area contributed by atoms with Crippen LogP contribution in [0.3, 0.4) is 0 Å². The van der Waals surface area contributed by atoms with Gasteiger partial charge in [-0.15, -0.1) is 0 Å². The van der Waals surface area contributed by atoms with E-state index in [1.165, 1.54) is 0 Å². The standard InChI is InChI=1S/C15H17NO/c1-11(2)14(10-17)9-13-6-3-5-12-7-4-8-16-15(12)13/h3-9,11,17H,10H2,1-2H3. The number of aromatic nitrogens is 1. The third-order valence-electron chi connectivity index (χ3n) is 2.93. The van der Waals surface area contributed by atoms with Crippen LogP contribution in [-0.4, -0.2) is 16.7 Å². The van der Waals surface area contributed by atoms with Crippen LogP contribution in [0.5, 0.6) is 0 Å². The number of rotatable bonds is 3. The van der Waals surface area contributed by atoms with Gasteiger partial charge in [0.1, 0.15) is 0 Å². The highest BCUT2D eigenvalue weighted by Gasteiger charge is 2.04. The molecule has 2 aromatic rings. The van der Waals surface area contributed by atoms with Crippen LogP contribution >= 0.6 is 0 Å². The number of fused-ring (bicyclic) bond motifs is 1. The summed E-state index contributed by atoms with van der Waals surface area (Å²) in [6.07, 6.45) is 3.84. The van der Waals surface area contributed by atoms with Crippen molar-refractivity contribution in [1.29, 1.82) is 0 Å². The molecule has 0 aliphatic rings. The van der Waals surface area contributed by atoms with Crippen LogP contribution in [0.2, 0.25) is 0 Å². The number of aliphatic hydroxyl groups is 1. The predicted molar refractivity (Wildman–Crippen MR) is 71.6 cm³/mol. The van der Waals surface area contributed by atoms with E-state index in [9.17, 15) is 5.11 Å². The molecule has 0 saturated heterocycles. The van der Waals surface area contributed by atoms with E-state index in [1.54, 1.807) is 6.20 Å². The number of para-hydroxylation sites is 1. The summed E-state index contributed by atoms with van der Waals surface area (Å²) in [7, 11) is 0. The first-order valence-corrected chi connectivity index (χ1v) is 5.87. The summed E-state index contributed by atoms with van der Waals surface area (Å²) in [5.74, 6) is 0.346. The Labute approximate surface area is 102 Å². The van der Waals surface area contributed by atoms with Crippen LogP contribution in [0.1, 0.15) is 19.4 Å². The monoisotopic (exact) mass is 227 g/mol. The largest absolute Gasteiger partial charge is 0.392 e. The summed E-state index contributed by atoms with van der Waals surface area (Å²) in [6, 6.07) is 10.1. The van der Waals surface area contributed by atoms with Gasteiger partial charge in [0.05, 0.1) is 12.1 Å². The highest BCUT2D eigenvalue weighted by molar-refractivity contribution is 5.87. The van der Waals surface area contributed by atoms with E-state index in [4.69, 9.17) is 0 Å². The van der Waals surface area contributed by atoms with E-state index in [1.807, 2.05) is 36.4 Å². The summed E-state index contributed by atoms with van der Waals surface area (Å²) >= 11 is 0. The Kier molecular flexibility index (Phi) is 3.55. The molecule has 0 bridgehead atoms. The van der Waals surface area contributed by atoms with Crippen LogP contribution in [0.25, 0.3) is 17.0 Å². The van der Waals surface area contributed by atoms with E-state index < -0.39 is 0 Å². The number of hydrogen-bond donors (Lipinski definition) is 1. The molecule has 1 aromatic heterocycles. The van der Waals surface area contributed by atoms with Crippen molar-refractivity contribution in [2.45, 2.75) is 13.8 Å². The average molecular weight is 227 g/mol. The van der Waals surface area contributed by atoms with E-state index in [2.05, 4.69) is 18.8 Å². The summed E-state index contributed by atoms with van der Waals surface area (Å²) in [4.78, 5) is 4.40. The number of pyridine rings is 1. The fourth-order valence-corrected chi connectivity index (χ4v) is 1.84. The van der Waals surface area contributed by atoms with Gasteiger partial charge in [-0.2, -0.15) is 0 Å². The molecule has 0 atom stereocenters. The zero-order valence-corrected chi connectivity index (χ0v) is 10.2. The SMILES string of the molecule is CC(C)C(=Cc1cccc2cccnc12)CO. The second kappa shape index (κ2) is 5.11. The van der Waals surface area contributed by atoms with Crippen LogP contribution in [0.15, 0.2) is 42.1 Å². The molecule has 1 aromatic carbocycles. The molecule has 1 heterocycles. The Hall–Kier alpha value is -1.67. The summed E-state index contributed by atoms with van der Waals surface area (Å²) in [5, 5.41) is 10.5. The smallest absolute Gasteiger partial charge is 0.0774 e. The van der Waals surface area contributed by atoms with Crippen molar-refractivity contribution in [3.05, 3.63) is 47.7 Å². The number of aliphatic hydroxyl groups excluding tert-OH is 1. The fraction of sp³-hybridized carbons (Fsp3) is 0.267. The molecule has 2 rings (SSSR count). The van der Waals surface area contributed by atoms with Crippen molar-refractivity contribution in [3.63, 3.8) is 0 Å². The molecule has 2 nitrogen and oxygen atoms in total. The van der Waals surface area contributed by atoms with Crippen molar-refractivity contribution in [3.8, 4) is 0 Å². The quantitative estimate of drug-likeness (QED) is 0.873. The Morgan fingerprint density at radius 3 is 2.76 bits per heavy atom. The van der Waals surface area contributed by atoms with E-state index in [0.29, 0.717) is 5.92 Å². The molecule has 1 N–H and O–H groups in total. The maximum Gasteiger partial charge on any atom is 0.0774 e. The number of benzene rings is 1. The first-order valence-electron chi connectivity index (χ1n) is 5.87. The summed E-state index contributed by atoms with van der Waals surface area (Å²) < 4.78 is 0. The number of hydrogen-bond acceptors (Lipinski definition) is 2. The first-order chi connectivity index (χ1) is 8.22. The van der Waals surface area contributed by atoms with Gasteiger partial charge in [-0.05, 0) is 17.6 Å². The van der Waals surface area contributed by atoms with Crippen LogP contribution in [-0.2, 0) is 0 Å². The normalized spacial score (nSPS) is 12.4. The highest BCUT2D eigenvalue weighted by atomic mass is 16.3. The predicted octanol–water partition coefficient (Wildman–Crippen LogP) is 3.27. The van der Waals surface area contributed by atoms with E-state index in [0.717, 1.165) is 22.0 Å². The lowest BCUT2D eigenvalue weighted by Crippen LogP contribution is -1.99. The second-order valence-electron chi connectivity index (χ2n) is 4.45. The van der Waals surface area contributed by atoms with Gasteiger partial charge in [0.25, 0.3) is 0 Å². The molecule has 0 unspecified atom stereocenters. The lowest BCUT2D eigenvalue weighted by molar-refractivity contribution is 0.320. The van der Waals surface area contributed by atoms with Gasteiger partial charge in [-0.3, -0.25) is 4.98 Å². The Bertz CT molecular complexity index is 538. The van der Waals surface area contributed by atoms with Gasteiger partial charge >= 0.3 is 0 Å². The van der Waals surface area contributed by atoms with Crippen LogP contribution < -0.4 is 0 Å². The molecular formula is C15H17NO. The molecular weight excluding hydrogens is 210 g/mol. The highest BCUT2D eigenvalue weighted by Crippen LogP contribution is 2.20. The third-order valence-corrected chi connectivity index (χ3v) is 2.93. The van der Waals surface area contributed by atoms with Gasteiger partial charge in [0.2, 0.25) is 0 Å². The molecule has 0 spiro atoms. The third kappa shape index (κ3) is 2.53. The number of nitrogens with zero attached hydrogens (tertiary/aromatic N) is 1. The molecule has 17 heavy (non-hydrogen) atoms. The molecule has 0 saturated carbocycles. The lowest BCUT2D eigenvalue weighted by atomic mass is 10.00. The minimum Gasteiger partial charge on any atom is -0.392 e. The van der Waals surface area contributed by atoms with E-state index >= 15 is 0 Å². The molecule has 0 aliphatic carbocycles. The topological polar surface area (TPSA) is 33.1 Å². The molecule has 0 radical (unpaired) electrons. The van der Waals surface area contributed by atoms with Crippen molar-refractivity contribution in [1.82, 2.24) is 4.98 Å². The van der Waals surface area contributed by atoms with E-state index in [-0.39, 0.29) is 6.61 Å². The van der Waals surface area contributed by atoms with Crippen molar-refractivity contribution in [2.75, 3.05) is 6.61 Å². The van der Waals surface area contributed by atoms with Crippen LogP contribution in [0.4, 0.5) is 0 Å². The van der Waals surface area contributed by atoms with Crippen molar-refractivity contribution in [2.24, 2.45) is 5.92 Å². The second-order valence-corrected chi connectivity index (χ2v) is 4.45. The van der Waals surface area contributed by atoms with Gasteiger partial charge in [-0.25, -0.2) is 0 Å². The fourth-order valence-electron chi connectivity index (χ4n) is 1.84. The van der Waals surface area contributed by atoms with Gasteiger partial charge in [0, 0.05) is 17.1 Å². The summed E-state index contributed by atoms with van der Waals surface area (Å²) in [5.41, 5.74) is 3.09. The van der Waals surface area contributed by atoms with Gasteiger partial charge < -0.3 is 5.11 Å². The van der Waals surface area contributed by atoms with Crippen LogP contribution in [0, 0.1) is 5.92 Å². The minimum absolute atomic E-state index is 0.0981. The Morgan fingerprint density at radius 1 is 1.29 bits per heavy atom. The van der Waals surface area contributed by atoms with Crippen molar-refractivity contribution >= 4 is 17.0 Å². The van der Waals surface area contributed by atoms with Gasteiger partial charge in [-0.1, -0.05) is 44.2 Å². The minimum atomic E-state index is 0.0981. The Balaban J connectivity index is 2.56. The maximum atomic E-state index is 9.34.